The molecule has 0 unspecified atom stereocenters. The fourth-order valence-electron chi connectivity index (χ4n) is 1.68. The number of carbonyl (C=O) groups excluding carboxylic acids is 1. The van der Waals surface area contributed by atoms with E-state index in [9.17, 15) is 4.79 Å². The van der Waals surface area contributed by atoms with Gasteiger partial charge in [-0.25, -0.2) is 9.97 Å². The Bertz CT molecular complexity index is 659. The minimum Gasteiger partial charge on any atom is -0.339 e. The van der Waals surface area contributed by atoms with Crippen LogP contribution < -0.4 is 0 Å². The van der Waals surface area contributed by atoms with Crippen LogP contribution in [0.25, 0.3) is 0 Å². The summed E-state index contributed by atoms with van der Waals surface area (Å²) < 4.78 is 0. The zero-order valence-corrected chi connectivity index (χ0v) is 14.7. The third-order valence-electron chi connectivity index (χ3n) is 2.90. The molecule has 2 aromatic heterocycles. The third-order valence-corrected chi connectivity index (χ3v) is 4.55. The molecule has 22 heavy (non-hydrogen) atoms. The number of carbonyl (C=O) groups is 1. The SMILES string of the molecule is CSc1ncc(Cc2ccc(C)nc2)c(SC(=O)N(C)C)n1. The van der Waals surface area contributed by atoms with Crippen LogP contribution in [0.5, 0.6) is 0 Å². The fraction of sp³-hybridized carbons (Fsp3) is 0.333. The van der Waals surface area contributed by atoms with Crippen molar-refractivity contribution in [1.82, 2.24) is 19.9 Å². The van der Waals surface area contributed by atoms with Gasteiger partial charge in [0.25, 0.3) is 5.24 Å². The van der Waals surface area contributed by atoms with E-state index in [-0.39, 0.29) is 5.24 Å². The van der Waals surface area contributed by atoms with Gasteiger partial charge in [0.1, 0.15) is 5.03 Å². The standard InChI is InChI=1S/C15H18N4OS2/c1-10-5-6-11(8-16-10)7-12-9-17-14(21-4)18-13(12)22-15(20)19(2)3/h5-6,8-9H,7H2,1-4H3. The number of rotatable bonds is 4. The molecule has 2 rings (SSSR count). The Labute approximate surface area is 139 Å². The van der Waals surface area contributed by atoms with Crippen LogP contribution in [0.3, 0.4) is 0 Å². The topological polar surface area (TPSA) is 59.0 Å². The van der Waals surface area contributed by atoms with E-state index in [2.05, 4.69) is 15.0 Å². The molecule has 0 bridgehead atoms. The molecule has 0 aromatic carbocycles. The van der Waals surface area contributed by atoms with E-state index < -0.39 is 0 Å². The lowest BCUT2D eigenvalue weighted by atomic mass is 10.1. The van der Waals surface area contributed by atoms with Crippen molar-refractivity contribution in [2.45, 2.75) is 23.5 Å². The summed E-state index contributed by atoms with van der Waals surface area (Å²) in [7, 11) is 3.46. The van der Waals surface area contributed by atoms with Crippen molar-refractivity contribution in [2.24, 2.45) is 0 Å². The highest BCUT2D eigenvalue weighted by atomic mass is 32.2. The largest absolute Gasteiger partial charge is 0.339 e. The predicted octanol–water partition coefficient (Wildman–Crippen LogP) is 3.27. The van der Waals surface area contributed by atoms with Gasteiger partial charge in [0.05, 0.1) is 0 Å². The van der Waals surface area contributed by atoms with Crippen LogP contribution in [0.15, 0.2) is 34.7 Å². The lowest BCUT2D eigenvalue weighted by molar-refractivity contribution is 0.241. The van der Waals surface area contributed by atoms with Crippen molar-refractivity contribution in [3.05, 3.63) is 41.3 Å². The number of aromatic nitrogens is 3. The first-order valence-electron chi connectivity index (χ1n) is 6.70. The smallest absolute Gasteiger partial charge is 0.287 e. The number of thioether (sulfide) groups is 2. The molecular weight excluding hydrogens is 316 g/mol. The van der Waals surface area contributed by atoms with Gasteiger partial charge >= 0.3 is 0 Å². The lowest BCUT2D eigenvalue weighted by Crippen LogP contribution is -2.16. The number of nitrogens with zero attached hydrogens (tertiary/aromatic N) is 4. The van der Waals surface area contributed by atoms with Crippen LogP contribution in [-0.4, -0.2) is 45.4 Å². The average molecular weight is 334 g/mol. The van der Waals surface area contributed by atoms with Crippen LogP contribution in [0.4, 0.5) is 4.79 Å². The van der Waals surface area contributed by atoms with E-state index in [0.717, 1.165) is 28.6 Å². The Kier molecular flexibility index (Phi) is 5.79. The van der Waals surface area contributed by atoms with E-state index >= 15 is 0 Å². The van der Waals surface area contributed by atoms with E-state index in [4.69, 9.17) is 0 Å². The molecule has 116 valence electrons. The summed E-state index contributed by atoms with van der Waals surface area (Å²) in [5.74, 6) is 0. The van der Waals surface area contributed by atoms with Gasteiger partial charge in [-0.2, -0.15) is 0 Å². The van der Waals surface area contributed by atoms with Gasteiger partial charge in [0.2, 0.25) is 0 Å². The van der Waals surface area contributed by atoms with Crippen molar-refractivity contribution in [3.63, 3.8) is 0 Å². The molecule has 7 heteroatoms. The first-order chi connectivity index (χ1) is 10.5. The van der Waals surface area contributed by atoms with Crippen molar-refractivity contribution < 1.29 is 4.79 Å². The normalized spacial score (nSPS) is 10.5. The average Bonchev–Trinajstić information content (AvgIpc) is 2.51. The van der Waals surface area contributed by atoms with Gasteiger partial charge in [0.15, 0.2) is 5.16 Å². The highest BCUT2D eigenvalue weighted by Crippen LogP contribution is 2.26. The zero-order valence-electron chi connectivity index (χ0n) is 13.0. The molecule has 2 heterocycles. The van der Waals surface area contributed by atoms with Gasteiger partial charge < -0.3 is 4.90 Å². The van der Waals surface area contributed by atoms with Gasteiger partial charge in [0, 0.05) is 44.2 Å². The Morgan fingerprint density at radius 2 is 2.00 bits per heavy atom. The molecule has 1 amide bonds. The summed E-state index contributed by atoms with van der Waals surface area (Å²) in [6.07, 6.45) is 6.22. The highest BCUT2D eigenvalue weighted by molar-refractivity contribution is 8.13. The molecule has 0 atom stereocenters. The first kappa shape index (κ1) is 16.8. The number of hydrogen-bond donors (Lipinski definition) is 0. The first-order valence-corrected chi connectivity index (χ1v) is 8.74. The molecule has 0 spiro atoms. The summed E-state index contributed by atoms with van der Waals surface area (Å²) >= 11 is 2.60. The molecule has 5 nitrogen and oxygen atoms in total. The van der Waals surface area contributed by atoms with Crippen molar-refractivity contribution >= 4 is 28.8 Å². The zero-order chi connectivity index (χ0) is 16.1. The number of hydrogen-bond acceptors (Lipinski definition) is 6. The summed E-state index contributed by atoms with van der Waals surface area (Å²) in [6, 6.07) is 4.01. The second kappa shape index (κ2) is 7.60. The highest BCUT2D eigenvalue weighted by Gasteiger charge is 2.14. The Morgan fingerprint density at radius 3 is 2.59 bits per heavy atom. The van der Waals surface area contributed by atoms with Crippen LogP contribution in [0.2, 0.25) is 0 Å². The van der Waals surface area contributed by atoms with E-state index in [1.807, 2.05) is 31.5 Å². The van der Waals surface area contributed by atoms with Crippen molar-refractivity contribution in [2.75, 3.05) is 20.4 Å². The summed E-state index contributed by atoms with van der Waals surface area (Å²) in [6.45, 7) is 1.96. The number of amides is 1. The van der Waals surface area contributed by atoms with E-state index in [0.29, 0.717) is 16.6 Å². The fourth-order valence-corrected chi connectivity index (χ4v) is 2.82. The predicted molar refractivity (Wildman–Crippen MR) is 90.5 cm³/mol. The molecule has 0 radical (unpaired) electrons. The van der Waals surface area contributed by atoms with Crippen molar-refractivity contribution in [3.8, 4) is 0 Å². The van der Waals surface area contributed by atoms with Gasteiger partial charge in [-0.05, 0) is 36.6 Å². The molecule has 0 aliphatic heterocycles. The molecule has 0 aliphatic carbocycles. The van der Waals surface area contributed by atoms with Gasteiger partial charge in [-0.3, -0.25) is 9.78 Å². The molecule has 0 aliphatic rings. The van der Waals surface area contributed by atoms with Gasteiger partial charge in [-0.1, -0.05) is 17.8 Å². The summed E-state index contributed by atoms with van der Waals surface area (Å²) in [5, 5.41) is 1.33. The molecular formula is C15H18N4OS2. The molecule has 0 saturated heterocycles. The summed E-state index contributed by atoms with van der Waals surface area (Å²) in [5.41, 5.74) is 2.99. The second-order valence-electron chi connectivity index (χ2n) is 4.93. The second-order valence-corrected chi connectivity index (χ2v) is 6.65. The van der Waals surface area contributed by atoms with Gasteiger partial charge in [-0.15, -0.1) is 0 Å². The Morgan fingerprint density at radius 1 is 1.23 bits per heavy atom. The monoisotopic (exact) mass is 334 g/mol. The van der Waals surface area contributed by atoms with Crippen LogP contribution in [-0.2, 0) is 6.42 Å². The maximum atomic E-state index is 12.0. The quantitative estimate of drug-likeness (QED) is 0.486. The number of pyridine rings is 1. The maximum absolute atomic E-state index is 12.0. The lowest BCUT2D eigenvalue weighted by Gasteiger charge is -2.12. The third kappa shape index (κ3) is 4.45. The van der Waals surface area contributed by atoms with E-state index in [1.165, 1.54) is 11.8 Å². The van der Waals surface area contributed by atoms with Crippen molar-refractivity contribution in [1.29, 1.82) is 0 Å². The molecule has 0 N–H and O–H groups in total. The van der Waals surface area contributed by atoms with Crippen LogP contribution in [0.1, 0.15) is 16.8 Å². The van der Waals surface area contributed by atoms with Crippen LogP contribution >= 0.6 is 23.5 Å². The Hall–Kier alpha value is -1.60. The molecule has 0 fully saturated rings. The minimum atomic E-state index is -0.0472. The maximum Gasteiger partial charge on any atom is 0.287 e. The summed E-state index contributed by atoms with van der Waals surface area (Å²) in [4.78, 5) is 26.6. The number of aryl methyl sites for hydroxylation is 1. The Balaban J connectivity index is 2.28. The molecule has 2 aromatic rings. The van der Waals surface area contributed by atoms with E-state index in [1.54, 1.807) is 25.2 Å². The molecule has 0 saturated carbocycles. The minimum absolute atomic E-state index is 0.0472. The van der Waals surface area contributed by atoms with Crippen LogP contribution in [0, 0.1) is 6.92 Å².